The van der Waals surface area contributed by atoms with Crippen LogP contribution < -0.4 is 5.73 Å². The molecule has 0 saturated heterocycles. The SMILES string of the molecule is Cn1c(C(N)Cc2ccc(O)cc2)nc2cc(F)ccc21. The number of nitrogens with two attached hydrogens (primary N) is 1. The monoisotopic (exact) mass is 285 g/mol. The van der Waals surface area contributed by atoms with E-state index in [2.05, 4.69) is 4.98 Å². The zero-order chi connectivity index (χ0) is 15.0. The molecule has 2 aromatic carbocycles. The summed E-state index contributed by atoms with van der Waals surface area (Å²) in [5, 5.41) is 9.29. The summed E-state index contributed by atoms with van der Waals surface area (Å²) in [4.78, 5) is 4.44. The Morgan fingerprint density at radius 1 is 1.24 bits per heavy atom. The molecular formula is C16H16FN3O. The van der Waals surface area contributed by atoms with Crippen molar-refractivity contribution in [3.8, 4) is 5.75 Å². The first-order valence-electron chi connectivity index (χ1n) is 6.70. The second-order valence-corrected chi connectivity index (χ2v) is 5.14. The lowest BCUT2D eigenvalue weighted by Crippen LogP contribution is -2.17. The van der Waals surface area contributed by atoms with Gasteiger partial charge in [0.1, 0.15) is 17.4 Å². The number of halogens is 1. The molecule has 0 spiro atoms. The summed E-state index contributed by atoms with van der Waals surface area (Å²) in [6, 6.07) is 11.2. The molecule has 0 bridgehead atoms. The lowest BCUT2D eigenvalue weighted by Gasteiger charge is -2.12. The summed E-state index contributed by atoms with van der Waals surface area (Å²) in [6.07, 6.45) is 0.597. The molecule has 1 atom stereocenters. The number of benzene rings is 2. The van der Waals surface area contributed by atoms with Gasteiger partial charge in [0.2, 0.25) is 0 Å². The van der Waals surface area contributed by atoms with Crippen molar-refractivity contribution in [1.82, 2.24) is 9.55 Å². The van der Waals surface area contributed by atoms with Crippen LogP contribution in [0.4, 0.5) is 4.39 Å². The minimum absolute atomic E-state index is 0.227. The van der Waals surface area contributed by atoms with Crippen LogP contribution in [0.5, 0.6) is 5.75 Å². The molecule has 3 N–H and O–H groups in total. The maximum atomic E-state index is 13.3. The van der Waals surface area contributed by atoms with Gasteiger partial charge in [-0.1, -0.05) is 12.1 Å². The van der Waals surface area contributed by atoms with E-state index in [1.807, 2.05) is 23.7 Å². The minimum Gasteiger partial charge on any atom is -0.508 e. The Labute approximate surface area is 121 Å². The smallest absolute Gasteiger partial charge is 0.126 e. The van der Waals surface area contributed by atoms with Crippen LogP contribution in [0.25, 0.3) is 11.0 Å². The lowest BCUT2D eigenvalue weighted by molar-refractivity contribution is 0.475. The van der Waals surface area contributed by atoms with Gasteiger partial charge in [0.25, 0.3) is 0 Å². The first-order chi connectivity index (χ1) is 10.0. The molecule has 0 amide bonds. The molecule has 1 unspecified atom stereocenters. The van der Waals surface area contributed by atoms with Crippen molar-refractivity contribution in [2.45, 2.75) is 12.5 Å². The largest absolute Gasteiger partial charge is 0.508 e. The molecule has 0 saturated carbocycles. The molecule has 0 aliphatic heterocycles. The summed E-state index contributed by atoms with van der Waals surface area (Å²) < 4.78 is 15.1. The van der Waals surface area contributed by atoms with Gasteiger partial charge in [0.05, 0.1) is 17.1 Å². The first kappa shape index (κ1) is 13.6. The van der Waals surface area contributed by atoms with E-state index < -0.39 is 0 Å². The van der Waals surface area contributed by atoms with Crippen LogP contribution in [-0.2, 0) is 13.5 Å². The zero-order valence-corrected chi connectivity index (χ0v) is 11.6. The number of imidazole rings is 1. The quantitative estimate of drug-likeness (QED) is 0.777. The van der Waals surface area contributed by atoms with Crippen molar-refractivity contribution in [3.05, 3.63) is 59.7 Å². The van der Waals surface area contributed by atoms with Crippen LogP contribution >= 0.6 is 0 Å². The van der Waals surface area contributed by atoms with E-state index in [0.717, 1.165) is 11.1 Å². The van der Waals surface area contributed by atoms with E-state index >= 15 is 0 Å². The molecule has 4 nitrogen and oxygen atoms in total. The summed E-state index contributed by atoms with van der Waals surface area (Å²) in [6.45, 7) is 0. The van der Waals surface area contributed by atoms with Crippen molar-refractivity contribution < 1.29 is 9.50 Å². The van der Waals surface area contributed by atoms with Crippen LogP contribution in [-0.4, -0.2) is 14.7 Å². The summed E-state index contributed by atoms with van der Waals surface area (Å²) >= 11 is 0. The molecule has 3 aromatic rings. The van der Waals surface area contributed by atoms with Gasteiger partial charge in [-0.15, -0.1) is 0 Å². The van der Waals surface area contributed by atoms with Crippen molar-refractivity contribution in [1.29, 1.82) is 0 Å². The van der Waals surface area contributed by atoms with E-state index in [0.29, 0.717) is 17.8 Å². The van der Waals surface area contributed by atoms with Gasteiger partial charge in [-0.05, 0) is 36.2 Å². The Kier molecular flexibility index (Phi) is 3.35. The Balaban J connectivity index is 1.92. The molecule has 3 rings (SSSR count). The Bertz CT molecular complexity index is 780. The average molecular weight is 285 g/mol. The Morgan fingerprint density at radius 2 is 1.95 bits per heavy atom. The number of nitrogens with zero attached hydrogens (tertiary/aromatic N) is 2. The molecule has 0 fully saturated rings. The van der Waals surface area contributed by atoms with Gasteiger partial charge in [-0.25, -0.2) is 9.37 Å². The van der Waals surface area contributed by atoms with E-state index in [1.54, 1.807) is 18.2 Å². The average Bonchev–Trinajstić information content (AvgIpc) is 2.78. The number of hydrogen-bond donors (Lipinski definition) is 2. The molecule has 5 heteroatoms. The van der Waals surface area contributed by atoms with Crippen molar-refractivity contribution in [3.63, 3.8) is 0 Å². The van der Waals surface area contributed by atoms with Gasteiger partial charge in [0.15, 0.2) is 0 Å². The molecule has 108 valence electrons. The van der Waals surface area contributed by atoms with E-state index in [9.17, 15) is 9.50 Å². The first-order valence-corrected chi connectivity index (χ1v) is 6.70. The second kappa shape index (κ2) is 5.18. The van der Waals surface area contributed by atoms with Crippen LogP contribution in [0.3, 0.4) is 0 Å². The van der Waals surface area contributed by atoms with E-state index in [1.165, 1.54) is 12.1 Å². The third-order valence-electron chi connectivity index (χ3n) is 3.60. The predicted octanol–water partition coefficient (Wildman–Crippen LogP) is 2.66. The number of aryl methyl sites for hydroxylation is 1. The second-order valence-electron chi connectivity index (χ2n) is 5.14. The number of phenolic OH excluding ortho intramolecular Hbond substituents is 1. The molecular weight excluding hydrogens is 269 g/mol. The van der Waals surface area contributed by atoms with E-state index in [-0.39, 0.29) is 17.6 Å². The van der Waals surface area contributed by atoms with Crippen molar-refractivity contribution in [2.24, 2.45) is 12.8 Å². The highest BCUT2D eigenvalue weighted by atomic mass is 19.1. The standard InChI is InChI=1S/C16H16FN3O/c1-20-15-7-4-11(17)9-14(15)19-16(20)13(18)8-10-2-5-12(21)6-3-10/h2-7,9,13,21H,8,18H2,1H3. The summed E-state index contributed by atoms with van der Waals surface area (Å²) in [7, 11) is 1.87. The molecule has 0 radical (unpaired) electrons. The van der Waals surface area contributed by atoms with Gasteiger partial charge in [-0.3, -0.25) is 0 Å². The van der Waals surface area contributed by atoms with E-state index in [4.69, 9.17) is 5.73 Å². The lowest BCUT2D eigenvalue weighted by atomic mass is 10.1. The van der Waals surface area contributed by atoms with Crippen molar-refractivity contribution in [2.75, 3.05) is 0 Å². The predicted molar refractivity (Wildman–Crippen MR) is 79.4 cm³/mol. The number of fused-ring (bicyclic) bond motifs is 1. The van der Waals surface area contributed by atoms with Crippen LogP contribution in [0.2, 0.25) is 0 Å². The number of hydrogen-bond acceptors (Lipinski definition) is 3. The number of aromatic nitrogens is 2. The van der Waals surface area contributed by atoms with Gasteiger partial charge >= 0.3 is 0 Å². The zero-order valence-electron chi connectivity index (χ0n) is 11.6. The third-order valence-corrected chi connectivity index (χ3v) is 3.60. The highest BCUT2D eigenvalue weighted by Gasteiger charge is 2.15. The van der Waals surface area contributed by atoms with Crippen LogP contribution in [0, 0.1) is 5.82 Å². The third kappa shape index (κ3) is 2.60. The van der Waals surface area contributed by atoms with Gasteiger partial charge in [-0.2, -0.15) is 0 Å². The highest BCUT2D eigenvalue weighted by molar-refractivity contribution is 5.76. The normalized spacial score (nSPS) is 12.7. The Morgan fingerprint density at radius 3 is 2.67 bits per heavy atom. The number of phenols is 1. The maximum Gasteiger partial charge on any atom is 0.126 e. The van der Waals surface area contributed by atoms with Crippen LogP contribution in [0.1, 0.15) is 17.4 Å². The molecule has 1 aromatic heterocycles. The number of aromatic hydroxyl groups is 1. The molecule has 21 heavy (non-hydrogen) atoms. The van der Waals surface area contributed by atoms with Gasteiger partial charge < -0.3 is 15.4 Å². The van der Waals surface area contributed by atoms with Crippen molar-refractivity contribution >= 4 is 11.0 Å². The van der Waals surface area contributed by atoms with Crippen LogP contribution in [0.15, 0.2) is 42.5 Å². The fourth-order valence-electron chi connectivity index (χ4n) is 2.50. The van der Waals surface area contributed by atoms with Gasteiger partial charge in [0, 0.05) is 13.1 Å². The molecule has 1 heterocycles. The summed E-state index contributed by atoms with van der Waals surface area (Å²) in [5.41, 5.74) is 8.70. The highest BCUT2D eigenvalue weighted by Crippen LogP contribution is 2.22. The maximum absolute atomic E-state index is 13.3. The number of rotatable bonds is 3. The molecule has 0 aliphatic carbocycles. The minimum atomic E-state index is -0.306. The summed E-state index contributed by atoms with van der Waals surface area (Å²) in [5.74, 6) is 0.633. The molecule has 0 aliphatic rings. The fourth-order valence-corrected chi connectivity index (χ4v) is 2.50. The Hall–Kier alpha value is -2.40. The fraction of sp³-hybridized carbons (Fsp3) is 0.188. The topological polar surface area (TPSA) is 64.1 Å².